The first-order chi connectivity index (χ1) is 8.60. The van der Waals surface area contributed by atoms with Crippen LogP contribution in [0.3, 0.4) is 0 Å². The molecule has 3 nitrogen and oxygen atoms in total. The molecule has 1 atom stereocenters. The maximum Gasteiger partial charge on any atom is 0.122 e. The van der Waals surface area contributed by atoms with Gasteiger partial charge in [-0.25, -0.2) is 0 Å². The molecule has 0 aliphatic carbocycles. The molecule has 0 amide bonds. The SMILES string of the molecule is CNC(CCC(C)C)c1cc(OC)cc(OC)c1. The van der Waals surface area contributed by atoms with Crippen molar-refractivity contribution in [3.8, 4) is 11.5 Å². The summed E-state index contributed by atoms with van der Waals surface area (Å²) in [6, 6.07) is 6.39. The Bertz CT molecular complexity index is 341. The fourth-order valence-electron chi connectivity index (χ4n) is 2.01. The van der Waals surface area contributed by atoms with Crippen LogP contribution in [0.15, 0.2) is 18.2 Å². The summed E-state index contributed by atoms with van der Waals surface area (Å²) in [5.41, 5.74) is 1.22. The van der Waals surface area contributed by atoms with Crippen molar-refractivity contribution in [1.29, 1.82) is 0 Å². The van der Waals surface area contributed by atoms with Crippen LogP contribution in [0.4, 0.5) is 0 Å². The van der Waals surface area contributed by atoms with Gasteiger partial charge in [-0.3, -0.25) is 0 Å². The summed E-state index contributed by atoms with van der Waals surface area (Å²) < 4.78 is 10.6. The smallest absolute Gasteiger partial charge is 0.122 e. The van der Waals surface area contributed by atoms with Gasteiger partial charge in [0.25, 0.3) is 0 Å². The Kier molecular flexibility index (Phi) is 5.99. The van der Waals surface area contributed by atoms with Crippen molar-refractivity contribution < 1.29 is 9.47 Å². The predicted octanol–water partition coefficient (Wildman–Crippen LogP) is 3.40. The Hall–Kier alpha value is -1.22. The van der Waals surface area contributed by atoms with E-state index in [4.69, 9.17) is 9.47 Å². The third kappa shape index (κ3) is 4.22. The Morgan fingerprint density at radius 1 is 1.00 bits per heavy atom. The van der Waals surface area contributed by atoms with Gasteiger partial charge >= 0.3 is 0 Å². The molecular formula is C15H25NO2. The third-order valence-corrected chi connectivity index (χ3v) is 3.16. The van der Waals surface area contributed by atoms with E-state index in [1.807, 2.05) is 13.1 Å². The minimum Gasteiger partial charge on any atom is -0.497 e. The second-order valence-electron chi connectivity index (χ2n) is 4.96. The van der Waals surface area contributed by atoms with Crippen molar-refractivity contribution in [2.24, 2.45) is 5.92 Å². The number of methoxy groups -OCH3 is 2. The Balaban J connectivity index is 2.89. The summed E-state index contributed by atoms with van der Waals surface area (Å²) in [5, 5.41) is 3.37. The van der Waals surface area contributed by atoms with Crippen LogP contribution in [0.1, 0.15) is 38.3 Å². The fourth-order valence-corrected chi connectivity index (χ4v) is 2.01. The molecule has 0 fully saturated rings. The maximum absolute atomic E-state index is 5.31. The van der Waals surface area contributed by atoms with Crippen LogP contribution < -0.4 is 14.8 Å². The molecule has 18 heavy (non-hydrogen) atoms. The van der Waals surface area contributed by atoms with E-state index in [9.17, 15) is 0 Å². The van der Waals surface area contributed by atoms with Crippen LogP contribution in [0.2, 0.25) is 0 Å². The van der Waals surface area contributed by atoms with E-state index < -0.39 is 0 Å². The first kappa shape index (κ1) is 14.8. The summed E-state index contributed by atoms with van der Waals surface area (Å²) >= 11 is 0. The zero-order valence-corrected chi connectivity index (χ0v) is 12.1. The molecule has 1 unspecified atom stereocenters. The Morgan fingerprint density at radius 3 is 1.94 bits per heavy atom. The molecule has 1 aromatic rings. The van der Waals surface area contributed by atoms with Crippen molar-refractivity contribution in [2.45, 2.75) is 32.7 Å². The molecule has 0 saturated heterocycles. The van der Waals surface area contributed by atoms with Crippen molar-refractivity contribution in [3.05, 3.63) is 23.8 Å². The monoisotopic (exact) mass is 251 g/mol. The molecule has 0 radical (unpaired) electrons. The zero-order chi connectivity index (χ0) is 13.5. The standard InChI is InChI=1S/C15H25NO2/c1-11(2)6-7-15(16-3)12-8-13(17-4)10-14(9-12)18-5/h8-11,15-16H,6-7H2,1-5H3. The van der Waals surface area contributed by atoms with Crippen LogP contribution in [-0.4, -0.2) is 21.3 Å². The summed E-state index contributed by atoms with van der Waals surface area (Å²) in [6.07, 6.45) is 2.32. The second-order valence-corrected chi connectivity index (χ2v) is 4.96. The number of hydrogen-bond acceptors (Lipinski definition) is 3. The molecule has 1 aromatic carbocycles. The second kappa shape index (κ2) is 7.27. The topological polar surface area (TPSA) is 30.5 Å². The Morgan fingerprint density at radius 2 is 1.56 bits per heavy atom. The number of benzene rings is 1. The molecule has 0 aliphatic rings. The molecule has 1 N–H and O–H groups in total. The highest BCUT2D eigenvalue weighted by Crippen LogP contribution is 2.29. The van der Waals surface area contributed by atoms with Gasteiger partial charge in [0.2, 0.25) is 0 Å². The first-order valence-electron chi connectivity index (χ1n) is 6.51. The lowest BCUT2D eigenvalue weighted by Crippen LogP contribution is -2.17. The van der Waals surface area contributed by atoms with Gasteiger partial charge in [0.1, 0.15) is 11.5 Å². The average molecular weight is 251 g/mol. The summed E-state index contributed by atoms with van der Waals surface area (Å²) in [4.78, 5) is 0. The highest BCUT2D eigenvalue weighted by molar-refractivity contribution is 5.39. The van der Waals surface area contributed by atoms with E-state index in [-0.39, 0.29) is 0 Å². The number of ether oxygens (including phenoxy) is 2. The lowest BCUT2D eigenvalue weighted by molar-refractivity contribution is 0.390. The van der Waals surface area contributed by atoms with E-state index in [0.29, 0.717) is 12.0 Å². The lowest BCUT2D eigenvalue weighted by Gasteiger charge is -2.19. The van der Waals surface area contributed by atoms with E-state index in [2.05, 4.69) is 31.3 Å². The van der Waals surface area contributed by atoms with Gasteiger partial charge in [0, 0.05) is 12.1 Å². The van der Waals surface area contributed by atoms with Crippen molar-refractivity contribution in [3.63, 3.8) is 0 Å². The molecule has 0 bridgehead atoms. The van der Waals surface area contributed by atoms with Crippen LogP contribution >= 0.6 is 0 Å². The molecule has 1 rings (SSSR count). The largest absolute Gasteiger partial charge is 0.497 e. The minimum absolute atomic E-state index is 0.344. The van der Waals surface area contributed by atoms with Crippen LogP contribution in [0.5, 0.6) is 11.5 Å². The molecule has 0 aliphatic heterocycles. The van der Waals surface area contributed by atoms with Crippen molar-refractivity contribution in [1.82, 2.24) is 5.32 Å². The fraction of sp³-hybridized carbons (Fsp3) is 0.600. The quantitative estimate of drug-likeness (QED) is 0.805. The van der Waals surface area contributed by atoms with Gasteiger partial charge in [-0.15, -0.1) is 0 Å². The first-order valence-corrected chi connectivity index (χ1v) is 6.51. The molecule has 0 heterocycles. The Labute approximate surface area is 110 Å². The summed E-state index contributed by atoms with van der Waals surface area (Å²) in [7, 11) is 5.36. The van der Waals surface area contributed by atoms with E-state index in [0.717, 1.165) is 17.9 Å². The average Bonchev–Trinajstić information content (AvgIpc) is 2.38. The molecule has 0 saturated carbocycles. The van der Waals surface area contributed by atoms with E-state index in [1.54, 1.807) is 14.2 Å². The van der Waals surface area contributed by atoms with Crippen LogP contribution in [-0.2, 0) is 0 Å². The van der Waals surface area contributed by atoms with E-state index >= 15 is 0 Å². The lowest BCUT2D eigenvalue weighted by atomic mass is 9.97. The molecule has 0 aromatic heterocycles. The summed E-state index contributed by atoms with van der Waals surface area (Å²) in [6.45, 7) is 4.50. The highest BCUT2D eigenvalue weighted by atomic mass is 16.5. The minimum atomic E-state index is 0.344. The van der Waals surface area contributed by atoms with Gasteiger partial charge in [-0.1, -0.05) is 13.8 Å². The van der Waals surface area contributed by atoms with Crippen LogP contribution in [0, 0.1) is 5.92 Å². The molecule has 102 valence electrons. The van der Waals surface area contributed by atoms with Gasteiger partial charge in [0.15, 0.2) is 0 Å². The summed E-state index contributed by atoms with van der Waals surface area (Å²) in [5.74, 6) is 2.40. The normalized spacial score (nSPS) is 12.6. The van der Waals surface area contributed by atoms with Gasteiger partial charge in [-0.05, 0) is 43.5 Å². The molecular weight excluding hydrogens is 226 g/mol. The van der Waals surface area contributed by atoms with Gasteiger partial charge < -0.3 is 14.8 Å². The van der Waals surface area contributed by atoms with Crippen molar-refractivity contribution in [2.75, 3.05) is 21.3 Å². The zero-order valence-electron chi connectivity index (χ0n) is 12.1. The third-order valence-electron chi connectivity index (χ3n) is 3.16. The van der Waals surface area contributed by atoms with E-state index in [1.165, 1.54) is 12.0 Å². The van der Waals surface area contributed by atoms with Crippen LogP contribution in [0.25, 0.3) is 0 Å². The van der Waals surface area contributed by atoms with Gasteiger partial charge in [0.05, 0.1) is 14.2 Å². The van der Waals surface area contributed by atoms with Gasteiger partial charge in [-0.2, -0.15) is 0 Å². The molecule has 0 spiro atoms. The predicted molar refractivity (Wildman–Crippen MR) is 75.4 cm³/mol. The number of hydrogen-bond donors (Lipinski definition) is 1. The number of nitrogens with one attached hydrogen (secondary N) is 1. The number of rotatable bonds is 7. The highest BCUT2D eigenvalue weighted by Gasteiger charge is 2.12. The maximum atomic E-state index is 5.31. The molecule has 3 heteroatoms. The van der Waals surface area contributed by atoms with Crippen molar-refractivity contribution >= 4 is 0 Å².